The van der Waals surface area contributed by atoms with E-state index in [1.165, 1.54) is 6.92 Å². The third-order valence-corrected chi connectivity index (χ3v) is 2.39. The molecule has 0 aliphatic carbocycles. The molecule has 1 aromatic rings. The third-order valence-electron chi connectivity index (χ3n) is 2.07. The minimum absolute atomic E-state index is 0.0808. The SMILES string of the molecule is CC(=O)Nc1cccc(Cl)c1C(C)(C)C. The van der Waals surface area contributed by atoms with Crippen LogP contribution in [0.15, 0.2) is 18.2 Å². The van der Waals surface area contributed by atoms with Crippen LogP contribution >= 0.6 is 11.6 Å². The maximum absolute atomic E-state index is 11.0. The van der Waals surface area contributed by atoms with E-state index >= 15 is 0 Å². The molecule has 15 heavy (non-hydrogen) atoms. The number of benzene rings is 1. The molecule has 0 saturated carbocycles. The minimum atomic E-state index is -0.0872. The molecule has 1 N–H and O–H groups in total. The predicted molar refractivity (Wildman–Crippen MR) is 64.5 cm³/mol. The Kier molecular flexibility index (Phi) is 3.40. The average Bonchev–Trinajstić information content (AvgIpc) is 1.99. The van der Waals surface area contributed by atoms with Gasteiger partial charge in [0, 0.05) is 17.6 Å². The highest BCUT2D eigenvalue weighted by atomic mass is 35.5. The minimum Gasteiger partial charge on any atom is -0.326 e. The van der Waals surface area contributed by atoms with Crippen LogP contribution in [0.25, 0.3) is 0 Å². The summed E-state index contributed by atoms with van der Waals surface area (Å²) in [5.74, 6) is -0.0808. The molecule has 0 bridgehead atoms. The number of hydrogen-bond acceptors (Lipinski definition) is 1. The summed E-state index contributed by atoms with van der Waals surface area (Å²) >= 11 is 6.15. The summed E-state index contributed by atoms with van der Waals surface area (Å²) in [5.41, 5.74) is 1.68. The lowest BCUT2D eigenvalue weighted by Crippen LogP contribution is -2.17. The lowest BCUT2D eigenvalue weighted by Gasteiger charge is -2.24. The van der Waals surface area contributed by atoms with Crippen LogP contribution < -0.4 is 5.32 Å². The molecule has 0 unspecified atom stereocenters. The van der Waals surface area contributed by atoms with Crippen LogP contribution in [0.4, 0.5) is 5.69 Å². The Balaban J connectivity index is 3.27. The van der Waals surface area contributed by atoms with E-state index in [0.717, 1.165) is 11.3 Å². The fraction of sp³-hybridized carbons (Fsp3) is 0.417. The molecule has 0 spiro atoms. The van der Waals surface area contributed by atoms with Crippen molar-refractivity contribution >= 4 is 23.2 Å². The highest BCUT2D eigenvalue weighted by molar-refractivity contribution is 6.32. The first-order valence-electron chi connectivity index (χ1n) is 4.89. The summed E-state index contributed by atoms with van der Waals surface area (Å²) in [6.45, 7) is 7.70. The summed E-state index contributed by atoms with van der Waals surface area (Å²) in [6, 6.07) is 5.55. The van der Waals surface area contributed by atoms with E-state index in [-0.39, 0.29) is 11.3 Å². The number of amides is 1. The second-order valence-electron chi connectivity index (χ2n) is 4.59. The molecule has 2 nitrogen and oxygen atoms in total. The summed E-state index contributed by atoms with van der Waals surface area (Å²) in [7, 11) is 0. The van der Waals surface area contributed by atoms with Crippen LogP contribution in [0.1, 0.15) is 33.3 Å². The maximum Gasteiger partial charge on any atom is 0.221 e. The van der Waals surface area contributed by atoms with Crippen molar-refractivity contribution < 1.29 is 4.79 Å². The Bertz CT molecular complexity index is 380. The van der Waals surface area contributed by atoms with Crippen LogP contribution in [0, 0.1) is 0 Å². The number of carbonyl (C=O) groups is 1. The molecule has 1 aromatic carbocycles. The van der Waals surface area contributed by atoms with Crippen molar-refractivity contribution in [1.82, 2.24) is 0 Å². The third kappa shape index (κ3) is 2.96. The van der Waals surface area contributed by atoms with Crippen molar-refractivity contribution in [2.75, 3.05) is 5.32 Å². The van der Waals surface area contributed by atoms with Gasteiger partial charge >= 0.3 is 0 Å². The van der Waals surface area contributed by atoms with Crippen LogP contribution in [-0.4, -0.2) is 5.91 Å². The first kappa shape index (κ1) is 12.1. The van der Waals surface area contributed by atoms with Crippen LogP contribution in [0.5, 0.6) is 0 Å². The Morgan fingerprint density at radius 1 is 1.33 bits per heavy atom. The number of rotatable bonds is 1. The van der Waals surface area contributed by atoms with Crippen molar-refractivity contribution in [3.05, 3.63) is 28.8 Å². The zero-order chi connectivity index (χ0) is 11.6. The van der Waals surface area contributed by atoms with Crippen LogP contribution in [0.3, 0.4) is 0 Å². The molecular weight excluding hydrogens is 210 g/mol. The molecule has 0 heterocycles. The van der Waals surface area contributed by atoms with E-state index in [9.17, 15) is 4.79 Å². The van der Waals surface area contributed by atoms with Gasteiger partial charge in [0.15, 0.2) is 0 Å². The zero-order valence-corrected chi connectivity index (χ0v) is 10.3. The van der Waals surface area contributed by atoms with Crippen molar-refractivity contribution in [2.45, 2.75) is 33.1 Å². The largest absolute Gasteiger partial charge is 0.326 e. The van der Waals surface area contributed by atoms with Gasteiger partial charge in [0.1, 0.15) is 0 Å². The fourth-order valence-electron chi connectivity index (χ4n) is 1.58. The van der Waals surface area contributed by atoms with E-state index in [1.54, 1.807) is 0 Å². The lowest BCUT2D eigenvalue weighted by atomic mass is 9.85. The molecule has 0 fully saturated rings. The molecule has 82 valence electrons. The van der Waals surface area contributed by atoms with E-state index in [1.807, 2.05) is 18.2 Å². The smallest absolute Gasteiger partial charge is 0.221 e. The van der Waals surface area contributed by atoms with Gasteiger partial charge in [-0.25, -0.2) is 0 Å². The summed E-state index contributed by atoms with van der Waals surface area (Å²) < 4.78 is 0. The van der Waals surface area contributed by atoms with E-state index in [0.29, 0.717) is 5.02 Å². The standard InChI is InChI=1S/C12H16ClNO/c1-8(15)14-10-7-5-6-9(13)11(10)12(2,3)4/h5-7H,1-4H3,(H,14,15). The summed E-state index contributed by atoms with van der Waals surface area (Å²) in [6.07, 6.45) is 0. The number of hydrogen-bond donors (Lipinski definition) is 1. The molecular formula is C12H16ClNO. The van der Waals surface area contributed by atoms with E-state index in [4.69, 9.17) is 11.6 Å². The molecule has 1 rings (SSSR count). The maximum atomic E-state index is 11.0. The van der Waals surface area contributed by atoms with E-state index < -0.39 is 0 Å². The molecule has 3 heteroatoms. The van der Waals surface area contributed by atoms with Crippen molar-refractivity contribution in [1.29, 1.82) is 0 Å². The topological polar surface area (TPSA) is 29.1 Å². The van der Waals surface area contributed by atoms with Crippen molar-refractivity contribution in [2.24, 2.45) is 0 Å². The number of carbonyl (C=O) groups excluding carboxylic acids is 1. The summed E-state index contributed by atoms with van der Waals surface area (Å²) in [5, 5.41) is 3.49. The van der Waals surface area contributed by atoms with Gasteiger partial charge in [-0.3, -0.25) is 4.79 Å². The van der Waals surface area contributed by atoms with Crippen LogP contribution in [-0.2, 0) is 10.2 Å². The van der Waals surface area contributed by atoms with Gasteiger partial charge < -0.3 is 5.32 Å². The highest BCUT2D eigenvalue weighted by Gasteiger charge is 2.21. The molecule has 0 aromatic heterocycles. The Morgan fingerprint density at radius 2 is 1.93 bits per heavy atom. The number of halogens is 1. The molecule has 1 amide bonds. The molecule has 0 atom stereocenters. The Labute approximate surface area is 95.6 Å². The second kappa shape index (κ2) is 4.23. The lowest BCUT2D eigenvalue weighted by molar-refractivity contribution is -0.114. The normalized spacial score (nSPS) is 11.3. The zero-order valence-electron chi connectivity index (χ0n) is 9.52. The fourth-order valence-corrected chi connectivity index (χ4v) is 2.04. The first-order chi connectivity index (χ1) is 6.82. The van der Waals surface area contributed by atoms with E-state index in [2.05, 4.69) is 26.1 Å². The Hall–Kier alpha value is -1.02. The van der Waals surface area contributed by atoms with Gasteiger partial charge in [-0.2, -0.15) is 0 Å². The number of nitrogens with one attached hydrogen (secondary N) is 1. The van der Waals surface area contributed by atoms with Crippen molar-refractivity contribution in [3.63, 3.8) is 0 Å². The van der Waals surface area contributed by atoms with Gasteiger partial charge in [0.2, 0.25) is 5.91 Å². The summed E-state index contributed by atoms with van der Waals surface area (Å²) in [4.78, 5) is 11.0. The van der Waals surface area contributed by atoms with Gasteiger partial charge in [0.25, 0.3) is 0 Å². The average molecular weight is 226 g/mol. The highest BCUT2D eigenvalue weighted by Crippen LogP contribution is 2.35. The van der Waals surface area contributed by atoms with Gasteiger partial charge in [-0.1, -0.05) is 38.4 Å². The van der Waals surface area contributed by atoms with Crippen molar-refractivity contribution in [3.8, 4) is 0 Å². The van der Waals surface area contributed by atoms with Gasteiger partial charge in [-0.05, 0) is 23.1 Å². The molecule has 0 aliphatic rings. The molecule has 0 radical (unpaired) electrons. The molecule has 0 saturated heterocycles. The monoisotopic (exact) mass is 225 g/mol. The first-order valence-corrected chi connectivity index (χ1v) is 5.27. The van der Waals surface area contributed by atoms with Gasteiger partial charge in [-0.15, -0.1) is 0 Å². The quantitative estimate of drug-likeness (QED) is 0.778. The second-order valence-corrected chi connectivity index (χ2v) is 5.00. The molecule has 0 aliphatic heterocycles. The predicted octanol–water partition coefficient (Wildman–Crippen LogP) is 3.60. The Morgan fingerprint density at radius 3 is 2.40 bits per heavy atom. The van der Waals surface area contributed by atoms with Crippen LogP contribution in [0.2, 0.25) is 5.02 Å². The number of anilines is 1. The van der Waals surface area contributed by atoms with Gasteiger partial charge in [0.05, 0.1) is 0 Å².